The summed E-state index contributed by atoms with van der Waals surface area (Å²) >= 11 is 12.2. The van der Waals surface area contributed by atoms with E-state index in [9.17, 15) is 29.4 Å². The van der Waals surface area contributed by atoms with E-state index in [0.29, 0.717) is 24.1 Å². The first-order valence-corrected chi connectivity index (χ1v) is 12.1. The predicted molar refractivity (Wildman–Crippen MR) is 136 cm³/mol. The molecule has 10 heteroatoms. The van der Waals surface area contributed by atoms with Crippen molar-refractivity contribution in [2.75, 3.05) is 5.32 Å². The van der Waals surface area contributed by atoms with Crippen LogP contribution in [0.25, 0.3) is 0 Å². The lowest BCUT2D eigenvalue weighted by molar-refractivity contribution is -0.151. The number of hydrogen-bond donors (Lipinski definition) is 4. The molecule has 1 saturated carbocycles. The van der Waals surface area contributed by atoms with Gasteiger partial charge in [-0.05, 0) is 48.1 Å². The van der Waals surface area contributed by atoms with Gasteiger partial charge in [0, 0.05) is 12.1 Å². The maximum absolute atomic E-state index is 13.2. The SMILES string of the molecule is CC1(C)[C@H](C(=O)O)CC[C@@]1(C)C(=O)NC(Cc1ccc(NC(=O)c2c(Cl)cccc2Cl)cc1)C(=O)O. The van der Waals surface area contributed by atoms with Gasteiger partial charge in [-0.3, -0.25) is 14.4 Å². The van der Waals surface area contributed by atoms with Gasteiger partial charge in [-0.15, -0.1) is 0 Å². The average Bonchev–Trinajstić information content (AvgIpc) is 3.04. The summed E-state index contributed by atoms with van der Waals surface area (Å²) in [7, 11) is 0. The molecular formula is C26H28Cl2N2O6. The number of rotatable bonds is 8. The van der Waals surface area contributed by atoms with Gasteiger partial charge in [0.2, 0.25) is 5.91 Å². The molecule has 1 unspecified atom stereocenters. The summed E-state index contributed by atoms with van der Waals surface area (Å²) in [5, 5.41) is 25.0. The van der Waals surface area contributed by atoms with E-state index >= 15 is 0 Å². The first-order valence-electron chi connectivity index (χ1n) is 11.4. The summed E-state index contributed by atoms with van der Waals surface area (Å²) in [6.07, 6.45) is 0.695. The molecule has 1 aliphatic rings. The quantitative estimate of drug-likeness (QED) is 0.381. The first kappa shape index (κ1) is 27.5. The zero-order valence-electron chi connectivity index (χ0n) is 20.1. The monoisotopic (exact) mass is 534 g/mol. The van der Waals surface area contributed by atoms with Gasteiger partial charge in [-0.2, -0.15) is 0 Å². The maximum atomic E-state index is 13.2. The molecule has 0 radical (unpaired) electrons. The first-order chi connectivity index (χ1) is 16.8. The number of aliphatic carboxylic acids is 2. The van der Waals surface area contributed by atoms with E-state index in [1.54, 1.807) is 63.2 Å². The van der Waals surface area contributed by atoms with Crippen LogP contribution < -0.4 is 10.6 Å². The second-order valence-corrected chi connectivity index (χ2v) is 10.6. The van der Waals surface area contributed by atoms with Crippen molar-refractivity contribution in [3.8, 4) is 0 Å². The van der Waals surface area contributed by atoms with Gasteiger partial charge in [0.05, 0.1) is 26.9 Å². The summed E-state index contributed by atoms with van der Waals surface area (Å²) < 4.78 is 0. The van der Waals surface area contributed by atoms with Gasteiger partial charge in [-0.25, -0.2) is 4.79 Å². The van der Waals surface area contributed by atoms with Crippen molar-refractivity contribution in [1.29, 1.82) is 0 Å². The Morgan fingerprint density at radius 3 is 2.08 bits per heavy atom. The third-order valence-corrected chi connectivity index (χ3v) is 8.10. The molecule has 0 aromatic heterocycles. The van der Waals surface area contributed by atoms with E-state index in [1.807, 2.05) is 0 Å². The number of hydrogen-bond acceptors (Lipinski definition) is 4. The van der Waals surface area contributed by atoms with Crippen LogP contribution in [0.2, 0.25) is 10.0 Å². The molecule has 4 N–H and O–H groups in total. The van der Waals surface area contributed by atoms with Gasteiger partial charge in [0.25, 0.3) is 5.91 Å². The van der Waals surface area contributed by atoms with Crippen molar-refractivity contribution in [2.24, 2.45) is 16.7 Å². The lowest BCUT2D eigenvalue weighted by Gasteiger charge is -2.39. The molecule has 0 bridgehead atoms. The lowest BCUT2D eigenvalue weighted by Crippen LogP contribution is -2.53. The number of carboxylic acid groups (broad SMARTS) is 2. The van der Waals surface area contributed by atoms with E-state index in [2.05, 4.69) is 10.6 Å². The van der Waals surface area contributed by atoms with Crippen molar-refractivity contribution in [1.82, 2.24) is 5.32 Å². The van der Waals surface area contributed by atoms with Crippen LogP contribution in [0.4, 0.5) is 5.69 Å². The molecule has 0 spiro atoms. The van der Waals surface area contributed by atoms with E-state index in [1.165, 1.54) is 0 Å². The molecule has 3 atom stereocenters. The number of halogens is 2. The van der Waals surface area contributed by atoms with Crippen LogP contribution in [0.5, 0.6) is 0 Å². The molecule has 0 heterocycles. The molecule has 36 heavy (non-hydrogen) atoms. The van der Waals surface area contributed by atoms with Gasteiger partial charge >= 0.3 is 11.9 Å². The molecule has 8 nitrogen and oxygen atoms in total. The lowest BCUT2D eigenvalue weighted by atomic mass is 9.65. The number of anilines is 1. The highest BCUT2D eigenvalue weighted by molar-refractivity contribution is 6.40. The van der Waals surface area contributed by atoms with Crippen LogP contribution in [-0.4, -0.2) is 40.0 Å². The third kappa shape index (κ3) is 5.34. The maximum Gasteiger partial charge on any atom is 0.326 e. The Balaban J connectivity index is 1.70. The Kier molecular flexibility index (Phi) is 8.00. The predicted octanol–water partition coefficient (Wildman–Crippen LogP) is 4.88. The Labute approximate surface area is 219 Å². The highest BCUT2D eigenvalue weighted by atomic mass is 35.5. The van der Waals surface area contributed by atoms with Crippen LogP contribution in [-0.2, 0) is 20.8 Å². The smallest absolute Gasteiger partial charge is 0.326 e. The molecule has 192 valence electrons. The number of benzene rings is 2. The van der Waals surface area contributed by atoms with E-state index in [4.69, 9.17) is 23.2 Å². The summed E-state index contributed by atoms with van der Waals surface area (Å²) in [4.78, 5) is 49.3. The van der Waals surface area contributed by atoms with Crippen molar-refractivity contribution in [3.05, 3.63) is 63.6 Å². The zero-order valence-corrected chi connectivity index (χ0v) is 21.6. The highest BCUT2D eigenvalue weighted by Gasteiger charge is 2.58. The summed E-state index contributed by atoms with van der Waals surface area (Å²) in [5.41, 5.74) is -0.660. The van der Waals surface area contributed by atoms with Crippen molar-refractivity contribution in [2.45, 2.75) is 46.1 Å². The molecule has 0 saturated heterocycles. The Hall–Kier alpha value is -3.10. The molecule has 0 aliphatic heterocycles. The fourth-order valence-corrected chi connectivity index (χ4v) is 5.29. The van der Waals surface area contributed by atoms with Crippen LogP contribution in [0.1, 0.15) is 49.5 Å². The summed E-state index contributed by atoms with van der Waals surface area (Å²) in [6, 6.07) is 10.0. The second-order valence-electron chi connectivity index (χ2n) is 9.80. The Morgan fingerprint density at radius 1 is 1.00 bits per heavy atom. The molecule has 2 amide bonds. The highest BCUT2D eigenvalue weighted by Crippen LogP contribution is 2.56. The number of carboxylic acids is 2. The number of amides is 2. The minimum atomic E-state index is -1.21. The van der Waals surface area contributed by atoms with Crippen LogP contribution in [0, 0.1) is 16.7 Å². The van der Waals surface area contributed by atoms with Crippen molar-refractivity contribution < 1.29 is 29.4 Å². The van der Waals surface area contributed by atoms with Crippen LogP contribution in [0.3, 0.4) is 0 Å². The minimum absolute atomic E-state index is 0.00447. The second kappa shape index (κ2) is 10.5. The summed E-state index contributed by atoms with van der Waals surface area (Å²) in [5.74, 6) is -3.83. The third-order valence-electron chi connectivity index (χ3n) is 7.47. The molecule has 2 aromatic rings. The molecule has 1 fully saturated rings. The molecular weight excluding hydrogens is 507 g/mol. The zero-order chi connectivity index (χ0) is 26.8. The average molecular weight is 535 g/mol. The number of carbonyl (C=O) groups excluding carboxylic acids is 2. The topological polar surface area (TPSA) is 133 Å². The fourth-order valence-electron chi connectivity index (χ4n) is 4.72. The molecule has 1 aliphatic carbocycles. The Bertz CT molecular complexity index is 1180. The fraction of sp³-hybridized carbons (Fsp3) is 0.385. The largest absolute Gasteiger partial charge is 0.481 e. The Morgan fingerprint density at radius 2 is 1.58 bits per heavy atom. The van der Waals surface area contributed by atoms with Crippen LogP contribution in [0.15, 0.2) is 42.5 Å². The van der Waals surface area contributed by atoms with Gasteiger partial charge in [-0.1, -0.05) is 62.2 Å². The van der Waals surface area contributed by atoms with Crippen molar-refractivity contribution in [3.63, 3.8) is 0 Å². The minimum Gasteiger partial charge on any atom is -0.481 e. The van der Waals surface area contributed by atoms with Gasteiger partial charge < -0.3 is 20.8 Å². The normalized spacial score (nSPS) is 21.4. The number of nitrogens with one attached hydrogen (secondary N) is 2. The molecule has 2 aromatic carbocycles. The molecule has 3 rings (SSSR count). The van der Waals surface area contributed by atoms with E-state index in [-0.39, 0.29) is 22.0 Å². The van der Waals surface area contributed by atoms with Gasteiger partial charge in [0.1, 0.15) is 6.04 Å². The van der Waals surface area contributed by atoms with Gasteiger partial charge in [0.15, 0.2) is 0 Å². The standard InChI is InChI=1S/C26H28Cl2N2O6/c1-25(2)16(22(32)33)11-12-26(25,3)24(36)30-19(23(34)35)13-14-7-9-15(10-8-14)29-21(31)20-17(27)5-4-6-18(20)28/h4-10,16,19H,11-13H2,1-3H3,(H,29,31)(H,30,36)(H,32,33)(H,34,35)/t16-,19?,26-/m0/s1. The van der Waals surface area contributed by atoms with E-state index < -0.39 is 46.5 Å². The summed E-state index contributed by atoms with van der Waals surface area (Å²) in [6.45, 7) is 5.15. The number of carbonyl (C=O) groups is 4. The van der Waals surface area contributed by atoms with Crippen LogP contribution >= 0.6 is 23.2 Å². The van der Waals surface area contributed by atoms with Crippen molar-refractivity contribution >= 4 is 52.6 Å². The van der Waals surface area contributed by atoms with E-state index in [0.717, 1.165) is 0 Å².